The van der Waals surface area contributed by atoms with Crippen molar-refractivity contribution in [3.63, 3.8) is 0 Å². The highest BCUT2D eigenvalue weighted by atomic mass is 16.2. The maximum absolute atomic E-state index is 13.5. The summed E-state index contributed by atoms with van der Waals surface area (Å²) in [5.74, 6) is -0.136. The summed E-state index contributed by atoms with van der Waals surface area (Å²) in [5, 5.41) is 5.66. The lowest BCUT2D eigenvalue weighted by atomic mass is 9.92. The molecule has 0 spiro atoms. The SMILES string of the molecule is O=C1C2NCCCC2N(Cc2cccc3ccccc23)C(=O)N1Cc1cccnc1. The molecule has 2 aliphatic heterocycles. The number of urea groups is 1. The molecule has 30 heavy (non-hydrogen) atoms. The normalized spacial score (nSPS) is 21.7. The molecule has 2 fully saturated rings. The smallest absolute Gasteiger partial charge is 0.315 e. The van der Waals surface area contributed by atoms with Crippen molar-refractivity contribution in [1.82, 2.24) is 20.1 Å². The van der Waals surface area contributed by atoms with Crippen LogP contribution in [-0.2, 0) is 17.9 Å². The first-order chi connectivity index (χ1) is 14.7. The van der Waals surface area contributed by atoms with Gasteiger partial charge in [0.15, 0.2) is 0 Å². The topological polar surface area (TPSA) is 65.5 Å². The summed E-state index contributed by atoms with van der Waals surface area (Å²) in [5.41, 5.74) is 1.94. The van der Waals surface area contributed by atoms with Crippen LogP contribution in [0.15, 0.2) is 67.0 Å². The minimum Gasteiger partial charge on any atom is -0.315 e. The molecule has 0 radical (unpaired) electrons. The summed E-state index contributed by atoms with van der Waals surface area (Å²) < 4.78 is 0. The maximum atomic E-state index is 13.5. The van der Waals surface area contributed by atoms with Gasteiger partial charge in [-0.15, -0.1) is 0 Å². The highest BCUT2D eigenvalue weighted by Crippen LogP contribution is 2.29. The summed E-state index contributed by atoms with van der Waals surface area (Å²) in [7, 11) is 0. The van der Waals surface area contributed by atoms with Crippen molar-refractivity contribution in [2.75, 3.05) is 6.54 Å². The molecule has 6 nitrogen and oxygen atoms in total. The van der Waals surface area contributed by atoms with Crippen molar-refractivity contribution in [2.24, 2.45) is 0 Å². The van der Waals surface area contributed by atoms with E-state index in [0.717, 1.165) is 41.3 Å². The molecular weight excluding hydrogens is 376 g/mol. The van der Waals surface area contributed by atoms with Gasteiger partial charge in [0, 0.05) is 18.9 Å². The van der Waals surface area contributed by atoms with Gasteiger partial charge in [-0.1, -0.05) is 48.5 Å². The lowest BCUT2D eigenvalue weighted by Crippen LogP contribution is -2.68. The van der Waals surface area contributed by atoms with Crippen LogP contribution in [0.2, 0.25) is 0 Å². The van der Waals surface area contributed by atoms with E-state index in [0.29, 0.717) is 6.54 Å². The number of imide groups is 1. The van der Waals surface area contributed by atoms with Gasteiger partial charge in [0.1, 0.15) is 6.04 Å². The monoisotopic (exact) mass is 400 g/mol. The first kappa shape index (κ1) is 18.8. The molecule has 3 heterocycles. The molecule has 2 saturated heterocycles. The van der Waals surface area contributed by atoms with Crippen LogP contribution in [-0.4, -0.2) is 45.4 Å². The fraction of sp³-hybridized carbons (Fsp3) is 0.292. The predicted molar refractivity (Wildman–Crippen MR) is 114 cm³/mol. The number of nitrogens with one attached hydrogen (secondary N) is 1. The fourth-order valence-corrected chi connectivity index (χ4v) is 4.64. The molecule has 0 aliphatic carbocycles. The molecule has 152 valence electrons. The summed E-state index contributed by atoms with van der Waals surface area (Å²) in [6.45, 7) is 1.52. The number of amides is 3. The zero-order valence-electron chi connectivity index (χ0n) is 16.7. The van der Waals surface area contributed by atoms with Crippen LogP contribution in [0.1, 0.15) is 24.0 Å². The number of hydrogen-bond acceptors (Lipinski definition) is 4. The third kappa shape index (κ3) is 3.33. The van der Waals surface area contributed by atoms with E-state index in [2.05, 4.69) is 34.6 Å². The Balaban J connectivity index is 1.50. The molecule has 2 aromatic carbocycles. The Morgan fingerprint density at radius 1 is 1.00 bits per heavy atom. The minimum atomic E-state index is -0.358. The number of nitrogens with zero attached hydrogens (tertiary/aromatic N) is 3. The fourth-order valence-electron chi connectivity index (χ4n) is 4.64. The van der Waals surface area contributed by atoms with E-state index in [4.69, 9.17) is 0 Å². The maximum Gasteiger partial charge on any atom is 0.327 e. The van der Waals surface area contributed by atoms with Gasteiger partial charge in [0.2, 0.25) is 5.91 Å². The number of aromatic nitrogens is 1. The predicted octanol–water partition coefficient (Wildman–Crippen LogP) is 3.32. The van der Waals surface area contributed by atoms with Crippen LogP contribution in [0.4, 0.5) is 4.79 Å². The minimum absolute atomic E-state index is 0.122. The number of carbonyl (C=O) groups is 2. The van der Waals surface area contributed by atoms with Crippen molar-refractivity contribution < 1.29 is 9.59 Å². The quantitative estimate of drug-likeness (QED) is 0.730. The van der Waals surface area contributed by atoms with Gasteiger partial charge in [-0.3, -0.25) is 14.7 Å². The van der Waals surface area contributed by atoms with E-state index in [-0.39, 0.29) is 30.6 Å². The van der Waals surface area contributed by atoms with Crippen molar-refractivity contribution in [3.05, 3.63) is 78.1 Å². The largest absolute Gasteiger partial charge is 0.327 e. The van der Waals surface area contributed by atoms with Crippen LogP contribution in [0.5, 0.6) is 0 Å². The molecule has 1 N–H and O–H groups in total. The highest BCUT2D eigenvalue weighted by molar-refractivity contribution is 6.00. The molecule has 0 saturated carbocycles. The van der Waals surface area contributed by atoms with Crippen LogP contribution in [0.25, 0.3) is 10.8 Å². The number of carbonyl (C=O) groups excluding carboxylic acids is 2. The Morgan fingerprint density at radius 2 is 1.87 bits per heavy atom. The summed E-state index contributed by atoms with van der Waals surface area (Å²) >= 11 is 0. The zero-order valence-corrected chi connectivity index (χ0v) is 16.7. The standard InChI is InChI=1S/C24H24N4O2/c29-23-22-21(11-5-13-26-22)27(24(30)28(23)15-17-6-4-12-25-14-17)16-19-9-3-8-18-7-1-2-10-20(18)19/h1-4,6-10,12,14,21-22,26H,5,11,13,15-16H2. The lowest BCUT2D eigenvalue weighted by molar-refractivity contribution is -0.137. The number of pyridine rings is 1. The Bertz CT molecular complexity index is 1080. The lowest BCUT2D eigenvalue weighted by Gasteiger charge is -2.47. The molecule has 6 heteroatoms. The van der Waals surface area contributed by atoms with Crippen LogP contribution >= 0.6 is 0 Å². The average Bonchev–Trinajstić information content (AvgIpc) is 2.80. The Morgan fingerprint density at radius 3 is 2.73 bits per heavy atom. The van der Waals surface area contributed by atoms with Gasteiger partial charge in [0.05, 0.1) is 12.6 Å². The second kappa shape index (κ2) is 7.88. The number of hydrogen-bond donors (Lipinski definition) is 1. The second-order valence-electron chi connectivity index (χ2n) is 7.98. The first-order valence-electron chi connectivity index (χ1n) is 10.4. The van der Waals surface area contributed by atoms with Gasteiger partial charge < -0.3 is 10.2 Å². The van der Waals surface area contributed by atoms with Crippen molar-refractivity contribution in [1.29, 1.82) is 0 Å². The van der Waals surface area contributed by atoms with Crippen molar-refractivity contribution in [3.8, 4) is 0 Å². The third-order valence-corrected chi connectivity index (χ3v) is 6.12. The van der Waals surface area contributed by atoms with E-state index < -0.39 is 0 Å². The van der Waals surface area contributed by atoms with Gasteiger partial charge in [-0.05, 0) is 47.4 Å². The van der Waals surface area contributed by atoms with Crippen LogP contribution < -0.4 is 5.32 Å². The molecule has 3 aromatic rings. The Hall–Kier alpha value is -3.25. The van der Waals surface area contributed by atoms with E-state index in [1.807, 2.05) is 35.2 Å². The first-order valence-corrected chi connectivity index (χ1v) is 10.4. The Labute approximate surface area is 175 Å². The van der Waals surface area contributed by atoms with Gasteiger partial charge in [-0.2, -0.15) is 0 Å². The number of fused-ring (bicyclic) bond motifs is 2. The third-order valence-electron chi connectivity index (χ3n) is 6.12. The summed E-state index contributed by atoms with van der Waals surface area (Å²) in [6.07, 6.45) is 5.18. The van der Waals surface area contributed by atoms with E-state index in [1.165, 1.54) is 4.90 Å². The Kier molecular flexibility index (Phi) is 4.93. The summed E-state index contributed by atoms with van der Waals surface area (Å²) in [6, 6.07) is 17.4. The molecule has 2 atom stereocenters. The van der Waals surface area contributed by atoms with E-state index >= 15 is 0 Å². The van der Waals surface area contributed by atoms with E-state index in [9.17, 15) is 9.59 Å². The molecule has 2 aliphatic rings. The number of benzene rings is 2. The molecule has 5 rings (SSSR count). The molecular formula is C24H24N4O2. The molecule has 1 aromatic heterocycles. The van der Waals surface area contributed by atoms with E-state index in [1.54, 1.807) is 12.4 Å². The second-order valence-corrected chi connectivity index (χ2v) is 7.98. The average molecular weight is 400 g/mol. The molecule has 2 unspecified atom stereocenters. The van der Waals surface area contributed by atoms with Crippen LogP contribution in [0.3, 0.4) is 0 Å². The highest BCUT2D eigenvalue weighted by Gasteiger charge is 2.47. The summed E-state index contributed by atoms with van der Waals surface area (Å²) in [4.78, 5) is 34.1. The van der Waals surface area contributed by atoms with Crippen LogP contribution in [0, 0.1) is 0 Å². The van der Waals surface area contributed by atoms with Crippen molar-refractivity contribution >= 4 is 22.7 Å². The van der Waals surface area contributed by atoms with Crippen molar-refractivity contribution in [2.45, 2.75) is 38.0 Å². The van der Waals surface area contributed by atoms with Gasteiger partial charge in [-0.25, -0.2) is 4.79 Å². The number of piperidine rings is 1. The van der Waals surface area contributed by atoms with Gasteiger partial charge >= 0.3 is 6.03 Å². The van der Waals surface area contributed by atoms with Gasteiger partial charge in [0.25, 0.3) is 0 Å². The number of rotatable bonds is 4. The molecule has 3 amide bonds. The zero-order chi connectivity index (χ0) is 20.5. The molecule has 0 bridgehead atoms.